The van der Waals surface area contributed by atoms with Gasteiger partial charge >= 0.3 is 0 Å². The SMILES string of the molecule is C=C(C)N(C)C(=O)Cc1cc(-c2cccc(C#CC)c2)cs1. The molecule has 0 aliphatic heterocycles. The van der Waals surface area contributed by atoms with Gasteiger partial charge < -0.3 is 4.90 Å². The molecule has 0 atom stereocenters. The van der Waals surface area contributed by atoms with Gasteiger partial charge in [-0.15, -0.1) is 17.3 Å². The largest absolute Gasteiger partial charge is 0.320 e. The average Bonchev–Trinajstić information content (AvgIpc) is 2.95. The normalized spacial score (nSPS) is 9.77. The van der Waals surface area contributed by atoms with Crippen molar-refractivity contribution in [3.05, 3.63) is 58.4 Å². The Morgan fingerprint density at radius 2 is 2.09 bits per heavy atom. The van der Waals surface area contributed by atoms with E-state index in [0.717, 1.165) is 27.3 Å². The molecule has 3 heteroatoms. The molecule has 0 saturated heterocycles. The van der Waals surface area contributed by atoms with Crippen molar-refractivity contribution in [2.24, 2.45) is 0 Å². The second-order valence-electron chi connectivity index (χ2n) is 5.12. The number of likely N-dealkylation sites (N-methyl/N-ethyl adjacent to an activating group) is 1. The first-order valence-corrected chi connectivity index (χ1v) is 7.92. The van der Waals surface area contributed by atoms with Crippen molar-refractivity contribution in [3.63, 3.8) is 0 Å². The smallest absolute Gasteiger partial charge is 0.231 e. The van der Waals surface area contributed by atoms with Crippen molar-refractivity contribution in [2.75, 3.05) is 7.05 Å². The van der Waals surface area contributed by atoms with E-state index in [2.05, 4.69) is 42.0 Å². The minimum absolute atomic E-state index is 0.0616. The second-order valence-corrected chi connectivity index (χ2v) is 6.12. The number of hydrogen-bond acceptors (Lipinski definition) is 2. The topological polar surface area (TPSA) is 20.3 Å². The summed E-state index contributed by atoms with van der Waals surface area (Å²) in [6.45, 7) is 7.46. The molecule has 2 aromatic rings. The predicted molar refractivity (Wildman–Crippen MR) is 93.6 cm³/mol. The highest BCUT2D eigenvalue weighted by Crippen LogP contribution is 2.27. The van der Waals surface area contributed by atoms with Gasteiger partial charge in [0.2, 0.25) is 5.91 Å². The van der Waals surface area contributed by atoms with Crippen LogP contribution in [-0.2, 0) is 11.2 Å². The van der Waals surface area contributed by atoms with Crippen molar-refractivity contribution in [2.45, 2.75) is 20.3 Å². The molecule has 0 saturated carbocycles. The molecular weight excluding hydrogens is 290 g/mol. The van der Waals surface area contributed by atoms with E-state index in [-0.39, 0.29) is 5.91 Å². The van der Waals surface area contributed by atoms with Gasteiger partial charge in [0.25, 0.3) is 0 Å². The fourth-order valence-corrected chi connectivity index (χ4v) is 2.91. The Kier molecular flexibility index (Phi) is 5.19. The van der Waals surface area contributed by atoms with E-state index in [4.69, 9.17) is 0 Å². The molecule has 0 radical (unpaired) electrons. The number of amides is 1. The van der Waals surface area contributed by atoms with Crippen LogP contribution in [0.3, 0.4) is 0 Å². The highest BCUT2D eigenvalue weighted by molar-refractivity contribution is 7.10. The highest BCUT2D eigenvalue weighted by atomic mass is 32.1. The van der Waals surface area contributed by atoms with Crippen LogP contribution in [0.15, 0.2) is 48.0 Å². The first kappa shape index (κ1) is 16.1. The molecule has 2 nitrogen and oxygen atoms in total. The first-order chi connectivity index (χ1) is 10.5. The predicted octanol–water partition coefficient (Wildman–Crippen LogP) is 4.32. The zero-order chi connectivity index (χ0) is 16.1. The number of carbonyl (C=O) groups excluding carboxylic acids is 1. The van der Waals surface area contributed by atoms with Gasteiger partial charge in [0.05, 0.1) is 6.42 Å². The number of allylic oxidation sites excluding steroid dienone is 1. The number of benzene rings is 1. The van der Waals surface area contributed by atoms with E-state index in [1.54, 1.807) is 23.3 Å². The monoisotopic (exact) mass is 309 g/mol. The van der Waals surface area contributed by atoms with E-state index in [1.807, 2.05) is 26.0 Å². The maximum atomic E-state index is 12.1. The van der Waals surface area contributed by atoms with Gasteiger partial charge in [-0.2, -0.15) is 0 Å². The Balaban J connectivity index is 2.17. The summed E-state index contributed by atoms with van der Waals surface area (Å²) < 4.78 is 0. The maximum absolute atomic E-state index is 12.1. The molecule has 1 aromatic heterocycles. The zero-order valence-electron chi connectivity index (χ0n) is 13.1. The average molecular weight is 309 g/mol. The standard InChI is InChI=1S/C19H19NOS/c1-5-7-15-8-6-9-16(10-15)17-11-18(22-13-17)12-19(21)20(4)14(2)3/h6,8-11,13H,2,12H2,1,3-4H3. The molecule has 0 bridgehead atoms. The van der Waals surface area contributed by atoms with E-state index < -0.39 is 0 Å². The lowest BCUT2D eigenvalue weighted by atomic mass is 10.1. The van der Waals surface area contributed by atoms with Gasteiger partial charge in [-0.25, -0.2) is 0 Å². The van der Waals surface area contributed by atoms with Crippen LogP contribution in [0.4, 0.5) is 0 Å². The Labute approximate surface area is 136 Å². The minimum Gasteiger partial charge on any atom is -0.320 e. The lowest BCUT2D eigenvalue weighted by Gasteiger charge is -2.15. The Bertz CT molecular complexity index is 761. The Hall–Kier alpha value is -2.31. The minimum atomic E-state index is 0.0616. The number of rotatable bonds is 4. The summed E-state index contributed by atoms with van der Waals surface area (Å²) in [6.07, 6.45) is 0.405. The van der Waals surface area contributed by atoms with Crippen molar-refractivity contribution >= 4 is 17.2 Å². The summed E-state index contributed by atoms with van der Waals surface area (Å²) >= 11 is 1.61. The second kappa shape index (κ2) is 7.11. The number of carbonyl (C=O) groups is 1. The molecule has 0 fully saturated rings. The molecule has 0 N–H and O–H groups in total. The van der Waals surface area contributed by atoms with E-state index in [0.29, 0.717) is 6.42 Å². The highest BCUT2D eigenvalue weighted by Gasteiger charge is 2.12. The molecule has 0 spiro atoms. The van der Waals surface area contributed by atoms with Crippen molar-refractivity contribution in [1.82, 2.24) is 4.90 Å². The quantitative estimate of drug-likeness (QED) is 0.770. The van der Waals surface area contributed by atoms with Gasteiger partial charge in [0, 0.05) is 23.2 Å². The van der Waals surface area contributed by atoms with Crippen LogP contribution in [0.25, 0.3) is 11.1 Å². The number of thiophene rings is 1. The van der Waals surface area contributed by atoms with Gasteiger partial charge in [-0.3, -0.25) is 4.79 Å². The van der Waals surface area contributed by atoms with Crippen LogP contribution in [0.2, 0.25) is 0 Å². The molecule has 0 aliphatic rings. The molecule has 0 unspecified atom stereocenters. The molecule has 1 amide bonds. The van der Waals surface area contributed by atoms with Gasteiger partial charge in [-0.1, -0.05) is 24.6 Å². The van der Waals surface area contributed by atoms with Crippen LogP contribution in [0.1, 0.15) is 24.3 Å². The lowest BCUT2D eigenvalue weighted by Crippen LogP contribution is -2.25. The van der Waals surface area contributed by atoms with Crippen LogP contribution in [0, 0.1) is 11.8 Å². The van der Waals surface area contributed by atoms with Crippen molar-refractivity contribution < 1.29 is 4.79 Å². The summed E-state index contributed by atoms with van der Waals surface area (Å²) in [4.78, 5) is 14.7. The first-order valence-electron chi connectivity index (χ1n) is 7.04. The van der Waals surface area contributed by atoms with Crippen LogP contribution >= 0.6 is 11.3 Å². The maximum Gasteiger partial charge on any atom is 0.231 e. The number of nitrogens with zero attached hydrogens (tertiary/aromatic N) is 1. The van der Waals surface area contributed by atoms with Crippen molar-refractivity contribution in [3.8, 4) is 23.0 Å². The Morgan fingerprint density at radius 3 is 2.77 bits per heavy atom. The van der Waals surface area contributed by atoms with Crippen LogP contribution in [0.5, 0.6) is 0 Å². The fraction of sp³-hybridized carbons (Fsp3) is 0.211. The fourth-order valence-electron chi connectivity index (χ4n) is 2.03. The third-order valence-electron chi connectivity index (χ3n) is 3.39. The summed E-state index contributed by atoms with van der Waals surface area (Å²) in [6, 6.07) is 10.2. The number of hydrogen-bond donors (Lipinski definition) is 0. The molecule has 22 heavy (non-hydrogen) atoms. The van der Waals surface area contributed by atoms with Crippen LogP contribution < -0.4 is 0 Å². The van der Waals surface area contributed by atoms with E-state index in [1.165, 1.54) is 0 Å². The third-order valence-corrected chi connectivity index (χ3v) is 4.33. The summed E-state index contributed by atoms with van der Waals surface area (Å²) in [5.74, 6) is 6.04. The zero-order valence-corrected chi connectivity index (χ0v) is 14.0. The summed E-state index contributed by atoms with van der Waals surface area (Å²) in [5.41, 5.74) is 4.02. The summed E-state index contributed by atoms with van der Waals surface area (Å²) in [7, 11) is 1.76. The third kappa shape index (κ3) is 3.87. The van der Waals surface area contributed by atoms with Gasteiger partial charge in [-0.05, 0) is 48.6 Å². The van der Waals surface area contributed by atoms with Gasteiger partial charge in [0.15, 0.2) is 0 Å². The summed E-state index contributed by atoms with van der Waals surface area (Å²) in [5, 5.41) is 2.09. The van der Waals surface area contributed by atoms with E-state index in [9.17, 15) is 4.79 Å². The van der Waals surface area contributed by atoms with Crippen LogP contribution in [-0.4, -0.2) is 17.9 Å². The van der Waals surface area contributed by atoms with Gasteiger partial charge in [0.1, 0.15) is 0 Å². The molecule has 0 aliphatic carbocycles. The van der Waals surface area contributed by atoms with Crippen molar-refractivity contribution in [1.29, 1.82) is 0 Å². The van der Waals surface area contributed by atoms with E-state index >= 15 is 0 Å². The molecular formula is C19H19NOS. The molecule has 112 valence electrons. The molecule has 1 aromatic carbocycles. The molecule has 2 rings (SSSR count). The Morgan fingerprint density at radius 1 is 1.32 bits per heavy atom. The lowest BCUT2D eigenvalue weighted by molar-refractivity contribution is -0.127. The molecule has 1 heterocycles.